The van der Waals surface area contributed by atoms with Crippen molar-refractivity contribution >= 4 is 59.1 Å². The SMILES string of the molecule is CC[C@H](C)[C@H](NC(=O)[C@H](Cc1ccccc1)NC(=O)[C@H](CC(C)C)NC(=O)[C@@H]1CCCN1C(=O)/C1=C\N[C@@H](C(C)C)C(=O)N2CCC[C@H]2C(=O)N[C@@H](C(C)C)C(=O)N[C@@H](Cc2ccccc2)C(=O)N2CCC[C@H]2C(=O)N1)C(=O)O. The minimum atomic E-state index is -1.23. The Morgan fingerprint density at radius 2 is 1.22 bits per heavy atom. The molecule has 0 aliphatic carbocycles. The highest BCUT2D eigenvalue weighted by Crippen LogP contribution is 2.26. The molecule has 8 N–H and O–H groups in total. The molecule has 0 unspecified atom stereocenters. The zero-order chi connectivity index (χ0) is 57.7. The Balaban J connectivity index is 1.31. The third-order valence-corrected chi connectivity index (χ3v) is 15.5. The monoisotopic (exact) mass is 1090 g/mol. The fourth-order valence-corrected chi connectivity index (χ4v) is 10.8. The van der Waals surface area contributed by atoms with Gasteiger partial charge in [0.2, 0.25) is 47.3 Å². The normalized spacial score (nSPS) is 24.6. The van der Waals surface area contributed by atoms with Crippen LogP contribution in [0.5, 0.6) is 0 Å². The summed E-state index contributed by atoms with van der Waals surface area (Å²) < 4.78 is 0. The Morgan fingerprint density at radius 3 is 1.80 bits per heavy atom. The lowest BCUT2D eigenvalue weighted by atomic mass is 9.97. The van der Waals surface area contributed by atoms with E-state index >= 15 is 4.79 Å². The molecule has 430 valence electrons. The highest BCUT2D eigenvalue weighted by atomic mass is 16.4. The summed E-state index contributed by atoms with van der Waals surface area (Å²) in [5, 5.41) is 29.9. The molecule has 4 heterocycles. The van der Waals surface area contributed by atoms with Crippen molar-refractivity contribution in [2.75, 3.05) is 19.6 Å². The molecule has 9 amide bonds. The summed E-state index contributed by atoms with van der Waals surface area (Å²) in [4.78, 5) is 147. The van der Waals surface area contributed by atoms with Crippen LogP contribution in [0.4, 0.5) is 0 Å². The van der Waals surface area contributed by atoms with Crippen molar-refractivity contribution in [1.82, 2.24) is 51.9 Å². The zero-order valence-corrected chi connectivity index (χ0v) is 46.9. The van der Waals surface area contributed by atoms with Crippen molar-refractivity contribution in [2.45, 2.75) is 174 Å². The zero-order valence-electron chi connectivity index (χ0n) is 46.9. The summed E-state index contributed by atoms with van der Waals surface area (Å²) in [6.07, 6.45) is 3.91. The number of amides is 9. The molecule has 0 radical (unpaired) electrons. The summed E-state index contributed by atoms with van der Waals surface area (Å²) in [6, 6.07) is 7.86. The van der Waals surface area contributed by atoms with Gasteiger partial charge in [-0.3, -0.25) is 43.2 Å². The van der Waals surface area contributed by atoms with Crippen LogP contribution >= 0.6 is 0 Å². The van der Waals surface area contributed by atoms with Crippen molar-refractivity contribution in [3.63, 3.8) is 0 Å². The fourth-order valence-electron chi connectivity index (χ4n) is 10.8. The number of carboxylic acid groups (broad SMARTS) is 1. The van der Waals surface area contributed by atoms with Gasteiger partial charge in [-0.05, 0) is 79.7 Å². The Kier molecular flexibility index (Phi) is 21.6. The Morgan fingerprint density at radius 1 is 0.646 bits per heavy atom. The maximum Gasteiger partial charge on any atom is 0.326 e. The highest BCUT2D eigenvalue weighted by Gasteiger charge is 2.44. The first-order chi connectivity index (χ1) is 37.6. The molecule has 21 heteroatoms. The van der Waals surface area contributed by atoms with E-state index in [0.29, 0.717) is 37.7 Å². The number of nitrogens with zero attached hydrogens (tertiary/aromatic N) is 3. The summed E-state index contributed by atoms with van der Waals surface area (Å²) in [5.74, 6) is -8.32. The third-order valence-electron chi connectivity index (χ3n) is 15.5. The number of fused-ring (bicyclic) bond motifs is 2. The van der Waals surface area contributed by atoms with Gasteiger partial charge in [0.15, 0.2) is 0 Å². The number of carboxylic acids is 1. The van der Waals surface area contributed by atoms with Gasteiger partial charge < -0.3 is 57.0 Å². The van der Waals surface area contributed by atoms with Crippen LogP contribution in [-0.2, 0) is 60.8 Å². The smallest absolute Gasteiger partial charge is 0.326 e. The van der Waals surface area contributed by atoms with Gasteiger partial charge in [0.25, 0.3) is 5.91 Å². The number of carbonyl (C=O) groups is 10. The first-order valence-electron chi connectivity index (χ1n) is 28.1. The Hall–Kier alpha value is -7.32. The van der Waals surface area contributed by atoms with Crippen molar-refractivity contribution in [3.05, 3.63) is 83.7 Å². The predicted octanol–water partition coefficient (Wildman–Crippen LogP) is 2.29. The summed E-state index contributed by atoms with van der Waals surface area (Å²) in [5.41, 5.74) is 1.10. The maximum atomic E-state index is 15.1. The second-order valence-electron chi connectivity index (χ2n) is 22.6. The lowest BCUT2D eigenvalue weighted by Gasteiger charge is -2.33. The molecule has 6 rings (SSSR count). The van der Waals surface area contributed by atoms with E-state index in [2.05, 4.69) is 37.2 Å². The van der Waals surface area contributed by atoms with Crippen molar-refractivity contribution < 1.29 is 53.1 Å². The molecular weight excluding hydrogens is 1010 g/mol. The summed E-state index contributed by atoms with van der Waals surface area (Å²) >= 11 is 0. The van der Waals surface area contributed by atoms with E-state index in [1.54, 1.807) is 84.0 Å². The molecule has 79 heavy (non-hydrogen) atoms. The number of carbonyl (C=O) groups excluding carboxylic acids is 9. The average Bonchev–Trinajstić information content (AvgIpc) is 4.25. The maximum absolute atomic E-state index is 15.1. The van der Waals surface area contributed by atoms with E-state index in [-0.39, 0.29) is 63.4 Å². The van der Waals surface area contributed by atoms with Gasteiger partial charge in [0.05, 0.1) is 0 Å². The van der Waals surface area contributed by atoms with Gasteiger partial charge in [-0.1, -0.05) is 122 Å². The number of likely N-dealkylation sites (tertiary alicyclic amines) is 1. The minimum absolute atomic E-state index is 0.0148. The highest BCUT2D eigenvalue weighted by molar-refractivity contribution is 6.03. The van der Waals surface area contributed by atoms with E-state index in [1.165, 1.54) is 20.9 Å². The van der Waals surface area contributed by atoms with Crippen molar-refractivity contribution in [3.8, 4) is 0 Å². The molecule has 0 bridgehead atoms. The lowest BCUT2D eigenvalue weighted by Crippen LogP contribution is -2.60. The average molecular weight is 1100 g/mol. The molecule has 21 nitrogen and oxygen atoms in total. The number of hydrogen-bond acceptors (Lipinski definition) is 11. The number of nitrogens with one attached hydrogen (secondary N) is 7. The Bertz CT molecular complexity index is 2560. The second kappa shape index (κ2) is 28.0. The van der Waals surface area contributed by atoms with E-state index in [9.17, 15) is 48.3 Å². The van der Waals surface area contributed by atoms with Crippen LogP contribution in [-0.4, -0.2) is 153 Å². The largest absolute Gasteiger partial charge is 0.480 e. The van der Waals surface area contributed by atoms with Gasteiger partial charge in [-0.25, -0.2) is 4.79 Å². The first-order valence-corrected chi connectivity index (χ1v) is 28.1. The van der Waals surface area contributed by atoms with Gasteiger partial charge in [0.1, 0.15) is 60.1 Å². The molecule has 3 fully saturated rings. The number of aliphatic carboxylic acids is 1. The number of hydrogen-bond donors (Lipinski definition) is 8. The lowest BCUT2D eigenvalue weighted by molar-refractivity contribution is -0.144. The summed E-state index contributed by atoms with van der Waals surface area (Å²) in [6.45, 7) is 14.8. The fraction of sp³-hybridized carbons (Fsp3) is 0.586. The standard InChI is InChI=1S/C58H82N10O11/c1-9-36(8)48(58(78)79)65-50(70)40(30-37-19-12-10-13-20-37)60-49(69)39(29-33(2)3)61-51(71)43-23-17-27-67(43)56(76)42-32-59-47(35(6)7)57(77)68-28-18-25-45(68)53(73)64-46(34(4)5)54(74)62-41(31-38-21-14-11-15-22-38)55(75)66-26-16-24-44(66)52(72)63-42/h10-15,19-22,32-36,39-41,43-48,59H,9,16-18,23-31H2,1-8H3,(H,60,69)(H,61,71)(H,62,74)(H,63,72)(H,64,73)(H,65,70)(H,78,79)/b42-32+/t36-,39-,40-,41-,43-,44-,45-,46-,47-,48-/m0/s1. The van der Waals surface area contributed by atoms with E-state index < -0.39 is 131 Å². The molecule has 0 spiro atoms. The van der Waals surface area contributed by atoms with E-state index in [4.69, 9.17) is 0 Å². The molecule has 0 aromatic heterocycles. The summed E-state index contributed by atoms with van der Waals surface area (Å²) in [7, 11) is 0. The number of benzene rings is 2. The predicted molar refractivity (Wildman–Crippen MR) is 294 cm³/mol. The van der Waals surface area contributed by atoms with Gasteiger partial charge in [-0.15, -0.1) is 0 Å². The van der Waals surface area contributed by atoms with E-state index in [1.807, 2.05) is 32.0 Å². The van der Waals surface area contributed by atoms with Gasteiger partial charge in [0, 0.05) is 38.7 Å². The van der Waals surface area contributed by atoms with Crippen molar-refractivity contribution in [2.24, 2.45) is 23.7 Å². The molecule has 0 saturated carbocycles. The molecule has 4 aliphatic rings. The molecule has 3 saturated heterocycles. The van der Waals surface area contributed by atoms with Crippen LogP contribution in [0.2, 0.25) is 0 Å². The van der Waals surface area contributed by atoms with E-state index in [0.717, 1.165) is 5.56 Å². The van der Waals surface area contributed by atoms with Crippen LogP contribution in [0.1, 0.15) is 118 Å². The minimum Gasteiger partial charge on any atom is -0.480 e. The van der Waals surface area contributed by atoms with Crippen LogP contribution in [0.15, 0.2) is 72.6 Å². The van der Waals surface area contributed by atoms with Crippen LogP contribution in [0, 0.1) is 23.7 Å². The molecule has 4 aliphatic heterocycles. The quantitative estimate of drug-likeness (QED) is 0.107. The molecule has 10 atom stereocenters. The molecule has 2 aromatic rings. The van der Waals surface area contributed by atoms with Crippen LogP contribution in [0.3, 0.4) is 0 Å². The topological polar surface area (TPSA) is 285 Å². The second-order valence-corrected chi connectivity index (χ2v) is 22.6. The Labute approximate surface area is 463 Å². The van der Waals surface area contributed by atoms with Crippen LogP contribution < -0.4 is 37.2 Å². The first kappa shape index (κ1) is 60.9. The molecule has 2 aromatic carbocycles. The van der Waals surface area contributed by atoms with Crippen LogP contribution in [0.25, 0.3) is 0 Å². The molecular formula is C58H82N10O11. The van der Waals surface area contributed by atoms with Gasteiger partial charge in [-0.2, -0.15) is 0 Å². The third kappa shape index (κ3) is 15.7. The van der Waals surface area contributed by atoms with Gasteiger partial charge >= 0.3 is 5.97 Å². The number of rotatable bonds is 18. The van der Waals surface area contributed by atoms with Crippen molar-refractivity contribution in [1.29, 1.82) is 0 Å².